The Kier molecular flexibility index (Phi) is 8.76. The van der Waals surface area contributed by atoms with Gasteiger partial charge in [0, 0.05) is 6.54 Å². The molecule has 6 nitrogen and oxygen atoms in total. The standard InChI is InChI=1S/C25H31NO5/c1-19(25(28)26-16-20-8-4-2-5-9-20)31-24(27)18-30-23-14-12-22(13-15-23)29-17-21-10-6-3-7-11-21/h3,6-7,10-15,19-20H,2,4-5,8-9,16-18H2,1H3,(H,26,28)/t19-/m1/s1. The minimum Gasteiger partial charge on any atom is -0.489 e. The summed E-state index contributed by atoms with van der Waals surface area (Å²) in [5, 5.41) is 2.89. The van der Waals surface area contributed by atoms with Crippen molar-refractivity contribution >= 4 is 11.9 Å². The van der Waals surface area contributed by atoms with Gasteiger partial charge in [-0.25, -0.2) is 4.79 Å². The van der Waals surface area contributed by atoms with Gasteiger partial charge in [-0.3, -0.25) is 4.79 Å². The minimum absolute atomic E-state index is 0.259. The fraction of sp³-hybridized carbons (Fsp3) is 0.440. The number of nitrogens with one attached hydrogen (secondary N) is 1. The molecule has 1 N–H and O–H groups in total. The van der Waals surface area contributed by atoms with Crippen molar-refractivity contribution in [3.63, 3.8) is 0 Å². The van der Waals surface area contributed by atoms with Crippen LogP contribution in [0.15, 0.2) is 54.6 Å². The predicted molar refractivity (Wildman–Crippen MR) is 118 cm³/mol. The van der Waals surface area contributed by atoms with Gasteiger partial charge >= 0.3 is 5.97 Å². The molecule has 1 fully saturated rings. The van der Waals surface area contributed by atoms with Gasteiger partial charge in [0.05, 0.1) is 0 Å². The molecule has 0 aromatic heterocycles. The van der Waals surface area contributed by atoms with Crippen LogP contribution in [0.3, 0.4) is 0 Å². The maximum atomic E-state index is 12.2. The number of hydrogen-bond acceptors (Lipinski definition) is 5. The smallest absolute Gasteiger partial charge is 0.344 e. The van der Waals surface area contributed by atoms with Crippen LogP contribution in [0.25, 0.3) is 0 Å². The first kappa shape index (κ1) is 22.7. The molecule has 0 aliphatic heterocycles. The summed E-state index contributed by atoms with van der Waals surface area (Å²) in [5.41, 5.74) is 1.09. The zero-order chi connectivity index (χ0) is 21.9. The minimum atomic E-state index is -0.839. The molecule has 2 aromatic carbocycles. The van der Waals surface area contributed by atoms with E-state index in [4.69, 9.17) is 14.2 Å². The van der Waals surface area contributed by atoms with Crippen molar-refractivity contribution in [1.29, 1.82) is 0 Å². The van der Waals surface area contributed by atoms with Gasteiger partial charge in [-0.1, -0.05) is 49.6 Å². The molecule has 166 valence electrons. The molecule has 0 radical (unpaired) electrons. The van der Waals surface area contributed by atoms with Gasteiger partial charge in [-0.2, -0.15) is 0 Å². The summed E-state index contributed by atoms with van der Waals surface area (Å²) in [6.45, 7) is 2.45. The molecule has 1 aliphatic rings. The fourth-order valence-electron chi connectivity index (χ4n) is 3.58. The summed E-state index contributed by atoms with van der Waals surface area (Å²) in [7, 11) is 0. The van der Waals surface area contributed by atoms with Crippen molar-refractivity contribution in [3.05, 3.63) is 60.2 Å². The summed E-state index contributed by atoms with van der Waals surface area (Å²) in [4.78, 5) is 24.2. The number of benzene rings is 2. The average Bonchev–Trinajstić information content (AvgIpc) is 2.82. The van der Waals surface area contributed by atoms with Gasteiger partial charge in [0.25, 0.3) is 5.91 Å². The molecule has 3 rings (SSSR count). The lowest BCUT2D eigenvalue weighted by atomic mass is 9.89. The van der Waals surface area contributed by atoms with Crippen molar-refractivity contribution in [2.45, 2.75) is 51.7 Å². The molecule has 31 heavy (non-hydrogen) atoms. The Balaban J connectivity index is 1.34. The lowest BCUT2D eigenvalue weighted by Gasteiger charge is -2.22. The summed E-state index contributed by atoms with van der Waals surface area (Å²) >= 11 is 0. The van der Waals surface area contributed by atoms with Gasteiger partial charge in [0.2, 0.25) is 0 Å². The van der Waals surface area contributed by atoms with Gasteiger partial charge < -0.3 is 19.5 Å². The Bertz CT molecular complexity index is 816. The number of rotatable bonds is 10. The van der Waals surface area contributed by atoms with Crippen LogP contribution in [0.1, 0.15) is 44.6 Å². The van der Waals surface area contributed by atoms with Gasteiger partial charge in [-0.05, 0) is 55.5 Å². The lowest BCUT2D eigenvalue weighted by Crippen LogP contribution is -2.39. The normalized spacial score (nSPS) is 15.0. The Labute approximate surface area is 183 Å². The first-order valence-electron chi connectivity index (χ1n) is 11.0. The van der Waals surface area contributed by atoms with E-state index in [-0.39, 0.29) is 12.5 Å². The van der Waals surface area contributed by atoms with Gasteiger partial charge in [0.1, 0.15) is 18.1 Å². The molecule has 6 heteroatoms. The predicted octanol–water partition coefficient (Wildman–Crippen LogP) is 4.27. The van der Waals surface area contributed by atoms with E-state index in [1.165, 1.54) is 19.3 Å². The van der Waals surface area contributed by atoms with Crippen molar-refractivity contribution in [3.8, 4) is 11.5 Å². The molecule has 1 saturated carbocycles. The number of amides is 1. The largest absolute Gasteiger partial charge is 0.489 e. The highest BCUT2D eigenvalue weighted by molar-refractivity contribution is 5.83. The maximum Gasteiger partial charge on any atom is 0.344 e. The van der Waals surface area contributed by atoms with E-state index in [1.54, 1.807) is 31.2 Å². The van der Waals surface area contributed by atoms with E-state index in [0.29, 0.717) is 30.6 Å². The number of ether oxygens (including phenoxy) is 3. The zero-order valence-electron chi connectivity index (χ0n) is 18.0. The third-order valence-corrected chi connectivity index (χ3v) is 5.40. The van der Waals surface area contributed by atoms with Crippen molar-refractivity contribution in [2.24, 2.45) is 5.92 Å². The van der Waals surface area contributed by atoms with Crippen molar-refractivity contribution in [2.75, 3.05) is 13.2 Å². The molecule has 1 aliphatic carbocycles. The number of hydrogen-bond donors (Lipinski definition) is 1. The molecular weight excluding hydrogens is 394 g/mol. The van der Waals surface area contributed by atoms with Crippen LogP contribution >= 0.6 is 0 Å². The molecule has 2 aromatic rings. The maximum absolute atomic E-state index is 12.2. The van der Waals surface area contributed by atoms with E-state index in [9.17, 15) is 9.59 Å². The van der Waals surface area contributed by atoms with Gasteiger partial charge in [0.15, 0.2) is 12.7 Å². The second-order valence-electron chi connectivity index (χ2n) is 7.92. The van der Waals surface area contributed by atoms with Crippen molar-refractivity contribution in [1.82, 2.24) is 5.32 Å². The second kappa shape index (κ2) is 12.0. The van der Waals surface area contributed by atoms with Crippen LogP contribution in [0.4, 0.5) is 0 Å². The second-order valence-corrected chi connectivity index (χ2v) is 7.92. The number of esters is 1. The quantitative estimate of drug-likeness (QED) is 0.576. The molecular formula is C25H31NO5. The third kappa shape index (κ3) is 7.96. The highest BCUT2D eigenvalue weighted by Crippen LogP contribution is 2.23. The molecule has 0 spiro atoms. The summed E-state index contributed by atoms with van der Waals surface area (Å²) in [6.07, 6.45) is 5.19. The van der Waals surface area contributed by atoms with Crippen LogP contribution in [0.5, 0.6) is 11.5 Å². The number of carbonyl (C=O) groups is 2. The lowest BCUT2D eigenvalue weighted by molar-refractivity contribution is -0.156. The Morgan fingerprint density at radius 2 is 1.58 bits per heavy atom. The Morgan fingerprint density at radius 3 is 2.26 bits per heavy atom. The first-order chi connectivity index (χ1) is 15.1. The zero-order valence-corrected chi connectivity index (χ0v) is 18.0. The summed E-state index contributed by atoms with van der Waals surface area (Å²) in [5.74, 6) is 0.924. The van der Waals surface area contributed by atoms with E-state index in [2.05, 4.69) is 5.32 Å². The van der Waals surface area contributed by atoms with Crippen LogP contribution in [-0.2, 0) is 20.9 Å². The van der Waals surface area contributed by atoms with E-state index in [1.807, 2.05) is 30.3 Å². The Morgan fingerprint density at radius 1 is 0.935 bits per heavy atom. The summed E-state index contributed by atoms with van der Waals surface area (Å²) < 4.78 is 16.4. The molecule has 1 atom stereocenters. The topological polar surface area (TPSA) is 73.9 Å². The monoisotopic (exact) mass is 425 g/mol. The average molecular weight is 426 g/mol. The number of carbonyl (C=O) groups excluding carboxylic acids is 2. The van der Waals surface area contributed by atoms with Gasteiger partial charge in [-0.15, -0.1) is 0 Å². The highest BCUT2D eigenvalue weighted by Gasteiger charge is 2.20. The molecule has 1 amide bonds. The molecule has 0 saturated heterocycles. The molecule has 0 bridgehead atoms. The third-order valence-electron chi connectivity index (χ3n) is 5.40. The molecule has 0 heterocycles. The highest BCUT2D eigenvalue weighted by atomic mass is 16.6. The fourth-order valence-corrected chi connectivity index (χ4v) is 3.58. The Hall–Kier alpha value is -3.02. The van der Waals surface area contributed by atoms with Crippen LogP contribution in [0, 0.1) is 5.92 Å². The summed E-state index contributed by atoms with van der Waals surface area (Å²) in [6, 6.07) is 16.9. The van der Waals surface area contributed by atoms with Crippen molar-refractivity contribution < 1.29 is 23.8 Å². The van der Waals surface area contributed by atoms with Crippen LogP contribution < -0.4 is 14.8 Å². The molecule has 0 unspecified atom stereocenters. The van der Waals surface area contributed by atoms with Crippen LogP contribution in [0.2, 0.25) is 0 Å². The first-order valence-corrected chi connectivity index (χ1v) is 11.0. The SMILES string of the molecule is C[C@@H](OC(=O)COc1ccc(OCc2ccccc2)cc1)C(=O)NCC1CCCCC1. The van der Waals surface area contributed by atoms with Crippen LogP contribution in [-0.4, -0.2) is 31.1 Å². The van der Waals surface area contributed by atoms with E-state index >= 15 is 0 Å². The van der Waals surface area contributed by atoms with E-state index < -0.39 is 12.1 Å². The van der Waals surface area contributed by atoms with E-state index in [0.717, 1.165) is 18.4 Å².